The van der Waals surface area contributed by atoms with E-state index < -0.39 is 5.92 Å². The van der Waals surface area contributed by atoms with Crippen molar-refractivity contribution in [2.75, 3.05) is 20.2 Å². The summed E-state index contributed by atoms with van der Waals surface area (Å²) < 4.78 is 5.56. The molecule has 3 N–H and O–H groups in total. The summed E-state index contributed by atoms with van der Waals surface area (Å²) in [5.41, 5.74) is 5.41. The molecule has 0 saturated carbocycles. The first-order chi connectivity index (χ1) is 8.06. The van der Waals surface area contributed by atoms with Crippen LogP contribution in [0.1, 0.15) is 26.2 Å². The summed E-state index contributed by atoms with van der Waals surface area (Å²) in [4.78, 5) is 13.5. The smallest absolute Gasteiger partial charge is 0.232 e. The number of carbonyl (C=O) groups is 1. The number of oxime groups is 1. The summed E-state index contributed by atoms with van der Waals surface area (Å²) in [6.45, 7) is 2.94. The topological polar surface area (TPSA) is 88.2 Å². The molecule has 1 saturated heterocycles. The van der Waals surface area contributed by atoms with Crippen LogP contribution in [0.15, 0.2) is 5.16 Å². The number of amides is 1. The average Bonchev–Trinajstić information content (AvgIpc) is 2.37. The molecule has 17 heavy (non-hydrogen) atoms. The van der Waals surface area contributed by atoms with Gasteiger partial charge in [-0.15, -0.1) is 0 Å². The highest BCUT2D eigenvalue weighted by atomic mass is 16.5. The second kappa shape index (κ2) is 6.44. The van der Waals surface area contributed by atoms with Crippen LogP contribution in [0.25, 0.3) is 0 Å². The maximum atomic E-state index is 11.9. The van der Waals surface area contributed by atoms with Crippen molar-refractivity contribution < 1.29 is 14.7 Å². The van der Waals surface area contributed by atoms with Crippen molar-refractivity contribution in [1.29, 1.82) is 0 Å². The maximum Gasteiger partial charge on any atom is 0.232 e. The Balaban J connectivity index is 2.45. The molecule has 2 atom stereocenters. The molecular formula is C11H21N3O3. The molecule has 1 aliphatic heterocycles. The van der Waals surface area contributed by atoms with Gasteiger partial charge in [0.15, 0.2) is 5.84 Å². The third kappa shape index (κ3) is 3.89. The molecule has 0 aromatic rings. The Kier molecular flexibility index (Phi) is 5.21. The van der Waals surface area contributed by atoms with Crippen LogP contribution in [0.5, 0.6) is 0 Å². The molecule has 0 bridgehead atoms. The van der Waals surface area contributed by atoms with E-state index in [0.717, 1.165) is 25.9 Å². The van der Waals surface area contributed by atoms with Gasteiger partial charge in [0.05, 0.1) is 12.0 Å². The van der Waals surface area contributed by atoms with Crippen LogP contribution in [0.2, 0.25) is 0 Å². The highest BCUT2D eigenvalue weighted by Gasteiger charge is 2.24. The van der Waals surface area contributed by atoms with E-state index >= 15 is 0 Å². The molecule has 0 aliphatic carbocycles. The van der Waals surface area contributed by atoms with Gasteiger partial charge in [-0.3, -0.25) is 4.79 Å². The van der Waals surface area contributed by atoms with Crippen molar-refractivity contribution in [3.63, 3.8) is 0 Å². The number of amidine groups is 1. The Labute approximate surface area is 101 Å². The molecule has 1 amide bonds. The van der Waals surface area contributed by atoms with Gasteiger partial charge in [0, 0.05) is 20.2 Å². The second-order valence-electron chi connectivity index (χ2n) is 4.45. The Morgan fingerprint density at radius 2 is 2.35 bits per heavy atom. The number of ether oxygens (including phenoxy) is 1. The average molecular weight is 243 g/mol. The quantitative estimate of drug-likeness (QED) is 0.324. The summed E-state index contributed by atoms with van der Waals surface area (Å²) in [5, 5.41) is 11.4. The SMILES string of the molecule is CC(C(=O)N(C)CC1CCCCO1)C(N)=NO. The Morgan fingerprint density at radius 1 is 1.65 bits per heavy atom. The van der Waals surface area contributed by atoms with Crippen LogP contribution >= 0.6 is 0 Å². The minimum atomic E-state index is -0.603. The van der Waals surface area contributed by atoms with Crippen LogP contribution in [0.4, 0.5) is 0 Å². The Bertz CT molecular complexity index is 288. The molecule has 6 nitrogen and oxygen atoms in total. The van der Waals surface area contributed by atoms with Crippen LogP contribution in [-0.4, -0.2) is 48.2 Å². The standard InChI is InChI=1S/C11H21N3O3/c1-8(10(12)13-16)11(15)14(2)7-9-5-3-4-6-17-9/h8-9,16H,3-7H2,1-2H3,(H2,12,13). The van der Waals surface area contributed by atoms with Crippen molar-refractivity contribution in [2.24, 2.45) is 16.8 Å². The lowest BCUT2D eigenvalue weighted by Gasteiger charge is -2.28. The zero-order valence-electron chi connectivity index (χ0n) is 10.4. The first kappa shape index (κ1) is 13.8. The summed E-state index contributed by atoms with van der Waals surface area (Å²) in [6, 6.07) is 0. The molecule has 0 aromatic heterocycles. The molecule has 1 rings (SSSR count). The van der Waals surface area contributed by atoms with Crippen molar-refractivity contribution in [1.82, 2.24) is 4.90 Å². The van der Waals surface area contributed by atoms with E-state index in [2.05, 4.69) is 5.16 Å². The van der Waals surface area contributed by atoms with Crippen LogP contribution in [0, 0.1) is 5.92 Å². The van der Waals surface area contributed by atoms with Gasteiger partial charge in [-0.05, 0) is 26.2 Å². The van der Waals surface area contributed by atoms with Gasteiger partial charge in [-0.1, -0.05) is 5.16 Å². The van der Waals surface area contributed by atoms with E-state index in [1.165, 1.54) is 0 Å². The van der Waals surface area contributed by atoms with Crippen LogP contribution < -0.4 is 5.73 Å². The number of nitrogens with two attached hydrogens (primary N) is 1. The third-order valence-corrected chi connectivity index (χ3v) is 3.06. The summed E-state index contributed by atoms with van der Waals surface area (Å²) in [7, 11) is 1.71. The molecule has 0 spiro atoms. The predicted molar refractivity (Wildman–Crippen MR) is 63.8 cm³/mol. The second-order valence-corrected chi connectivity index (χ2v) is 4.45. The van der Waals surface area contributed by atoms with Crippen molar-refractivity contribution in [3.8, 4) is 0 Å². The molecule has 2 unspecified atom stereocenters. The predicted octanol–water partition coefficient (Wildman–Crippen LogP) is 0.396. The molecule has 0 radical (unpaired) electrons. The van der Waals surface area contributed by atoms with Crippen molar-refractivity contribution >= 4 is 11.7 Å². The first-order valence-corrected chi connectivity index (χ1v) is 5.90. The summed E-state index contributed by atoms with van der Waals surface area (Å²) in [6.07, 6.45) is 3.32. The van der Waals surface area contributed by atoms with Crippen molar-refractivity contribution in [3.05, 3.63) is 0 Å². The molecule has 1 fully saturated rings. The maximum absolute atomic E-state index is 11.9. The summed E-state index contributed by atoms with van der Waals surface area (Å²) >= 11 is 0. The molecule has 6 heteroatoms. The van der Waals surface area contributed by atoms with E-state index in [9.17, 15) is 4.79 Å². The van der Waals surface area contributed by atoms with E-state index in [1.807, 2.05) is 0 Å². The van der Waals surface area contributed by atoms with E-state index in [0.29, 0.717) is 6.54 Å². The number of rotatable bonds is 4. The molecule has 0 aromatic carbocycles. The third-order valence-electron chi connectivity index (χ3n) is 3.06. The van der Waals surface area contributed by atoms with Gasteiger partial charge in [0.25, 0.3) is 0 Å². The lowest BCUT2D eigenvalue weighted by Crippen LogP contribution is -2.43. The number of nitrogens with zero attached hydrogens (tertiary/aromatic N) is 2. The fraction of sp³-hybridized carbons (Fsp3) is 0.818. The van der Waals surface area contributed by atoms with Gasteiger partial charge in [0.1, 0.15) is 0 Å². The minimum Gasteiger partial charge on any atom is -0.409 e. The monoisotopic (exact) mass is 243 g/mol. The zero-order valence-corrected chi connectivity index (χ0v) is 10.4. The Morgan fingerprint density at radius 3 is 2.88 bits per heavy atom. The van der Waals surface area contributed by atoms with Crippen LogP contribution in [0.3, 0.4) is 0 Å². The molecule has 1 aliphatic rings. The lowest BCUT2D eigenvalue weighted by atomic mass is 10.1. The fourth-order valence-corrected chi connectivity index (χ4v) is 1.89. The number of likely N-dealkylation sites (N-methyl/N-ethyl adjacent to an activating group) is 1. The van der Waals surface area contributed by atoms with Gasteiger partial charge in [-0.2, -0.15) is 0 Å². The largest absolute Gasteiger partial charge is 0.409 e. The molecule has 1 heterocycles. The highest BCUT2D eigenvalue weighted by Crippen LogP contribution is 2.14. The van der Waals surface area contributed by atoms with Gasteiger partial charge in [0.2, 0.25) is 5.91 Å². The Hall–Kier alpha value is -1.30. The molecular weight excluding hydrogens is 222 g/mol. The van der Waals surface area contributed by atoms with Crippen LogP contribution in [-0.2, 0) is 9.53 Å². The fourth-order valence-electron chi connectivity index (χ4n) is 1.89. The number of carbonyl (C=O) groups excluding carboxylic acids is 1. The summed E-state index contributed by atoms with van der Waals surface area (Å²) in [5.74, 6) is -0.825. The van der Waals surface area contributed by atoms with E-state index in [-0.39, 0.29) is 17.8 Å². The highest BCUT2D eigenvalue weighted by molar-refractivity contribution is 6.01. The first-order valence-electron chi connectivity index (χ1n) is 5.90. The number of hydrogen-bond donors (Lipinski definition) is 2. The lowest BCUT2D eigenvalue weighted by molar-refractivity contribution is -0.134. The van der Waals surface area contributed by atoms with Gasteiger partial charge < -0.3 is 20.6 Å². The van der Waals surface area contributed by atoms with E-state index in [1.54, 1.807) is 18.9 Å². The zero-order chi connectivity index (χ0) is 12.8. The number of hydrogen-bond acceptors (Lipinski definition) is 4. The van der Waals surface area contributed by atoms with Gasteiger partial charge >= 0.3 is 0 Å². The van der Waals surface area contributed by atoms with Gasteiger partial charge in [-0.25, -0.2) is 0 Å². The molecule has 98 valence electrons. The van der Waals surface area contributed by atoms with Crippen molar-refractivity contribution in [2.45, 2.75) is 32.3 Å². The minimum absolute atomic E-state index is 0.0635. The normalized spacial score (nSPS) is 23.2. The van der Waals surface area contributed by atoms with E-state index in [4.69, 9.17) is 15.7 Å².